The van der Waals surface area contributed by atoms with Crippen LogP contribution < -0.4 is 10.6 Å². The summed E-state index contributed by atoms with van der Waals surface area (Å²) in [6.07, 6.45) is 0. The maximum atomic E-state index is 11.9. The van der Waals surface area contributed by atoms with Gasteiger partial charge in [0.15, 0.2) is 0 Å². The Labute approximate surface area is 129 Å². The second kappa shape index (κ2) is 6.56. The number of nitriles is 2. The topological polar surface area (TPSA) is 88.7 Å². The van der Waals surface area contributed by atoms with Crippen LogP contribution in [0.5, 0.6) is 0 Å². The molecular formula is C15H9BrN4O. The van der Waals surface area contributed by atoms with Crippen molar-refractivity contribution in [3.8, 4) is 12.1 Å². The third kappa shape index (κ3) is 3.82. The molecule has 2 aromatic rings. The van der Waals surface area contributed by atoms with E-state index in [0.717, 1.165) is 4.47 Å². The van der Waals surface area contributed by atoms with E-state index in [1.807, 2.05) is 12.1 Å². The molecule has 0 fully saturated rings. The van der Waals surface area contributed by atoms with Crippen molar-refractivity contribution in [1.29, 1.82) is 10.5 Å². The Bertz CT molecular complexity index is 774. The molecule has 0 aliphatic heterocycles. The van der Waals surface area contributed by atoms with Gasteiger partial charge in [0.05, 0.1) is 22.9 Å². The highest BCUT2D eigenvalue weighted by molar-refractivity contribution is 9.10. The summed E-state index contributed by atoms with van der Waals surface area (Å²) < 4.78 is 0.756. The van der Waals surface area contributed by atoms with E-state index in [1.54, 1.807) is 42.5 Å². The molecule has 2 N–H and O–H groups in total. The maximum Gasteiger partial charge on any atom is 0.323 e. The summed E-state index contributed by atoms with van der Waals surface area (Å²) in [6.45, 7) is 0. The van der Waals surface area contributed by atoms with Crippen LogP contribution >= 0.6 is 15.9 Å². The summed E-state index contributed by atoms with van der Waals surface area (Å²) in [5.41, 5.74) is 1.72. The Morgan fingerprint density at radius 2 is 1.86 bits per heavy atom. The fourth-order valence-electron chi connectivity index (χ4n) is 1.67. The lowest BCUT2D eigenvalue weighted by Crippen LogP contribution is -2.20. The first kappa shape index (κ1) is 14.6. The minimum Gasteiger partial charge on any atom is -0.308 e. The summed E-state index contributed by atoms with van der Waals surface area (Å²) in [6, 6.07) is 15.1. The molecule has 0 bridgehead atoms. The van der Waals surface area contributed by atoms with Gasteiger partial charge in [-0.1, -0.05) is 22.0 Å². The molecule has 0 aromatic heterocycles. The lowest BCUT2D eigenvalue weighted by molar-refractivity contribution is 0.262. The SMILES string of the molecule is N#Cc1cccc(NC(=O)Nc2ccc(Br)cc2C#N)c1. The highest BCUT2D eigenvalue weighted by Crippen LogP contribution is 2.20. The number of anilines is 2. The maximum absolute atomic E-state index is 11.9. The van der Waals surface area contributed by atoms with Crippen LogP contribution in [0.3, 0.4) is 0 Å². The van der Waals surface area contributed by atoms with Crippen LogP contribution in [0, 0.1) is 22.7 Å². The van der Waals surface area contributed by atoms with Gasteiger partial charge in [-0.15, -0.1) is 0 Å². The standard InChI is InChI=1S/C15H9BrN4O/c16-12-4-5-14(11(7-12)9-18)20-15(21)19-13-3-1-2-10(6-13)8-17/h1-7H,(H2,19,20,21). The van der Waals surface area contributed by atoms with E-state index in [2.05, 4.69) is 26.6 Å². The van der Waals surface area contributed by atoms with Gasteiger partial charge in [0.2, 0.25) is 0 Å². The first-order valence-corrected chi connectivity index (χ1v) is 6.69. The molecule has 2 amide bonds. The lowest BCUT2D eigenvalue weighted by Gasteiger charge is -2.09. The molecule has 0 unspecified atom stereocenters. The van der Waals surface area contributed by atoms with Crippen molar-refractivity contribution < 1.29 is 4.79 Å². The third-order valence-electron chi connectivity index (χ3n) is 2.60. The molecule has 0 atom stereocenters. The minimum absolute atomic E-state index is 0.352. The van der Waals surface area contributed by atoms with Crippen molar-refractivity contribution in [2.24, 2.45) is 0 Å². The summed E-state index contributed by atoms with van der Waals surface area (Å²) in [7, 11) is 0. The number of urea groups is 1. The molecule has 21 heavy (non-hydrogen) atoms. The molecule has 0 saturated carbocycles. The molecule has 0 spiro atoms. The number of amides is 2. The number of hydrogen-bond acceptors (Lipinski definition) is 3. The van der Waals surface area contributed by atoms with Gasteiger partial charge in [-0.2, -0.15) is 10.5 Å². The highest BCUT2D eigenvalue weighted by Gasteiger charge is 2.07. The van der Waals surface area contributed by atoms with E-state index in [4.69, 9.17) is 10.5 Å². The number of carbonyl (C=O) groups excluding carboxylic acids is 1. The average molecular weight is 341 g/mol. The molecular weight excluding hydrogens is 332 g/mol. The first-order valence-electron chi connectivity index (χ1n) is 5.90. The van der Waals surface area contributed by atoms with Gasteiger partial charge in [0, 0.05) is 10.2 Å². The molecule has 0 aliphatic rings. The van der Waals surface area contributed by atoms with E-state index in [9.17, 15) is 4.79 Å². The van der Waals surface area contributed by atoms with Crippen molar-refractivity contribution in [3.63, 3.8) is 0 Å². The second-order valence-corrected chi connectivity index (χ2v) is 4.99. The number of rotatable bonds is 2. The van der Waals surface area contributed by atoms with Crippen LogP contribution in [0.2, 0.25) is 0 Å². The van der Waals surface area contributed by atoms with E-state index in [-0.39, 0.29) is 0 Å². The number of nitrogens with zero attached hydrogens (tertiary/aromatic N) is 2. The summed E-state index contributed by atoms with van der Waals surface area (Å²) in [5, 5.41) is 23.0. The van der Waals surface area contributed by atoms with E-state index >= 15 is 0 Å². The van der Waals surface area contributed by atoms with Crippen molar-refractivity contribution in [1.82, 2.24) is 0 Å². The Hall–Kier alpha value is -2.83. The Morgan fingerprint density at radius 1 is 1.05 bits per heavy atom. The van der Waals surface area contributed by atoms with Gasteiger partial charge in [-0.25, -0.2) is 4.79 Å². The number of hydrogen-bond donors (Lipinski definition) is 2. The minimum atomic E-state index is -0.482. The van der Waals surface area contributed by atoms with Crippen molar-refractivity contribution >= 4 is 33.3 Å². The fraction of sp³-hybridized carbons (Fsp3) is 0. The third-order valence-corrected chi connectivity index (χ3v) is 3.09. The molecule has 6 heteroatoms. The van der Waals surface area contributed by atoms with Crippen LogP contribution in [-0.4, -0.2) is 6.03 Å². The van der Waals surface area contributed by atoms with Crippen LogP contribution in [0.15, 0.2) is 46.9 Å². The van der Waals surface area contributed by atoms with Gasteiger partial charge in [0.25, 0.3) is 0 Å². The van der Waals surface area contributed by atoms with Gasteiger partial charge < -0.3 is 10.6 Å². The molecule has 2 rings (SSSR count). The second-order valence-electron chi connectivity index (χ2n) is 4.07. The molecule has 0 aliphatic carbocycles. The number of carbonyl (C=O) groups is 1. The highest BCUT2D eigenvalue weighted by atomic mass is 79.9. The van der Waals surface area contributed by atoms with E-state index < -0.39 is 6.03 Å². The normalized spacial score (nSPS) is 9.29. The fourth-order valence-corrected chi connectivity index (χ4v) is 2.03. The molecule has 0 heterocycles. The van der Waals surface area contributed by atoms with E-state index in [0.29, 0.717) is 22.5 Å². The van der Waals surface area contributed by atoms with Crippen LogP contribution in [-0.2, 0) is 0 Å². The quantitative estimate of drug-likeness (QED) is 0.870. The van der Waals surface area contributed by atoms with Crippen molar-refractivity contribution in [2.75, 3.05) is 10.6 Å². The lowest BCUT2D eigenvalue weighted by atomic mass is 10.2. The monoisotopic (exact) mass is 340 g/mol. The van der Waals surface area contributed by atoms with Crippen molar-refractivity contribution in [3.05, 3.63) is 58.1 Å². The molecule has 102 valence electrons. The summed E-state index contributed by atoms with van der Waals surface area (Å²) in [5.74, 6) is 0. The van der Waals surface area contributed by atoms with Crippen LogP contribution in [0.4, 0.5) is 16.2 Å². The van der Waals surface area contributed by atoms with Crippen LogP contribution in [0.25, 0.3) is 0 Å². The first-order chi connectivity index (χ1) is 10.1. The molecule has 5 nitrogen and oxygen atoms in total. The Balaban J connectivity index is 2.12. The van der Waals surface area contributed by atoms with Gasteiger partial charge in [-0.3, -0.25) is 0 Å². The van der Waals surface area contributed by atoms with Crippen molar-refractivity contribution in [2.45, 2.75) is 0 Å². The Kier molecular flexibility index (Phi) is 4.55. The zero-order chi connectivity index (χ0) is 15.2. The predicted molar refractivity (Wildman–Crippen MR) is 82.7 cm³/mol. The smallest absolute Gasteiger partial charge is 0.308 e. The van der Waals surface area contributed by atoms with Crippen LogP contribution in [0.1, 0.15) is 11.1 Å². The number of halogens is 1. The zero-order valence-electron chi connectivity index (χ0n) is 10.7. The molecule has 2 aromatic carbocycles. The number of benzene rings is 2. The Morgan fingerprint density at radius 3 is 2.57 bits per heavy atom. The van der Waals surface area contributed by atoms with Gasteiger partial charge in [-0.05, 0) is 36.4 Å². The van der Waals surface area contributed by atoms with Gasteiger partial charge >= 0.3 is 6.03 Å². The van der Waals surface area contributed by atoms with Gasteiger partial charge in [0.1, 0.15) is 6.07 Å². The zero-order valence-corrected chi connectivity index (χ0v) is 12.3. The average Bonchev–Trinajstić information content (AvgIpc) is 2.49. The molecule has 0 radical (unpaired) electrons. The predicted octanol–water partition coefficient (Wildman–Crippen LogP) is 3.84. The number of nitrogens with one attached hydrogen (secondary N) is 2. The molecule has 0 saturated heterocycles. The summed E-state index contributed by atoms with van der Waals surface area (Å²) in [4.78, 5) is 11.9. The largest absolute Gasteiger partial charge is 0.323 e. The summed E-state index contributed by atoms with van der Waals surface area (Å²) >= 11 is 3.26. The van der Waals surface area contributed by atoms with E-state index in [1.165, 1.54) is 0 Å².